The van der Waals surface area contributed by atoms with Gasteiger partial charge in [0.15, 0.2) is 11.9 Å². The zero-order valence-corrected chi connectivity index (χ0v) is 24.2. The Kier molecular flexibility index (Phi) is 11.5. The van der Waals surface area contributed by atoms with Crippen molar-refractivity contribution in [3.63, 3.8) is 0 Å². The maximum atomic E-state index is 12.9. The molecule has 0 spiro atoms. The molecule has 0 aliphatic rings. The molecule has 3 aromatic rings. The molecule has 216 valence electrons. The van der Waals surface area contributed by atoms with Crippen molar-refractivity contribution < 1.29 is 24.0 Å². The molecule has 2 atom stereocenters. The lowest BCUT2D eigenvalue weighted by molar-refractivity contribution is -0.385. The van der Waals surface area contributed by atoms with Gasteiger partial charge in [-0.15, -0.1) is 0 Å². The molecule has 10 nitrogen and oxygen atoms in total. The molecule has 0 saturated heterocycles. The van der Waals surface area contributed by atoms with Crippen LogP contribution in [0.15, 0.2) is 71.8 Å². The summed E-state index contributed by atoms with van der Waals surface area (Å²) in [5, 5.41) is 18.9. The largest absolute Gasteiger partial charge is 0.482 e. The Hall–Kier alpha value is -4.15. The van der Waals surface area contributed by atoms with Crippen LogP contribution in [0.25, 0.3) is 0 Å². The number of nitro benzene ring substituents is 1. The molecule has 3 aromatic carbocycles. The number of hydrogen-bond donors (Lipinski definition) is 2. The second kappa shape index (κ2) is 15.0. The average Bonchev–Trinajstić information content (AvgIpc) is 2.93. The van der Waals surface area contributed by atoms with Gasteiger partial charge in [-0.25, -0.2) is 5.43 Å². The van der Waals surface area contributed by atoms with Gasteiger partial charge in [0.25, 0.3) is 11.8 Å². The number of nitrogens with one attached hydrogen (secondary N) is 2. The van der Waals surface area contributed by atoms with Crippen LogP contribution in [0, 0.1) is 16.0 Å². The highest BCUT2D eigenvalue weighted by atomic mass is 35.5. The minimum absolute atomic E-state index is 0.0723. The number of carbonyl (C=O) groups excluding carboxylic acids is 2. The molecule has 0 aromatic heterocycles. The first-order chi connectivity index (χ1) is 19.5. The first kappa shape index (κ1) is 31.4. The molecule has 2 N–H and O–H groups in total. The van der Waals surface area contributed by atoms with Crippen LogP contribution in [-0.4, -0.2) is 35.1 Å². The fraction of sp³-hybridized carbons (Fsp3) is 0.276. The number of amides is 2. The van der Waals surface area contributed by atoms with Gasteiger partial charge in [-0.1, -0.05) is 67.4 Å². The Morgan fingerprint density at radius 2 is 1.71 bits per heavy atom. The van der Waals surface area contributed by atoms with Crippen LogP contribution in [0.5, 0.6) is 11.5 Å². The van der Waals surface area contributed by atoms with E-state index in [9.17, 15) is 19.7 Å². The van der Waals surface area contributed by atoms with Gasteiger partial charge in [-0.05, 0) is 55.2 Å². The van der Waals surface area contributed by atoms with Crippen molar-refractivity contribution in [2.45, 2.75) is 45.9 Å². The van der Waals surface area contributed by atoms with Crippen molar-refractivity contribution in [1.29, 1.82) is 0 Å². The van der Waals surface area contributed by atoms with Crippen LogP contribution in [0.3, 0.4) is 0 Å². The number of ether oxygens (including phenoxy) is 2. The molecule has 3 rings (SSSR count). The van der Waals surface area contributed by atoms with Gasteiger partial charge in [-0.2, -0.15) is 5.10 Å². The normalized spacial score (nSPS) is 12.5. The second-order valence-electron chi connectivity index (χ2n) is 9.52. The lowest BCUT2D eigenvalue weighted by Gasteiger charge is -2.22. The third-order valence-electron chi connectivity index (χ3n) is 5.71. The maximum absolute atomic E-state index is 12.9. The van der Waals surface area contributed by atoms with Crippen molar-refractivity contribution in [2.24, 2.45) is 11.0 Å². The molecular weight excluding hydrogens is 571 g/mol. The predicted octanol–water partition coefficient (Wildman–Crippen LogP) is 5.93. The number of carbonyl (C=O) groups is 2. The predicted molar refractivity (Wildman–Crippen MR) is 158 cm³/mol. The Bertz CT molecular complexity index is 1400. The number of halogens is 2. The number of hydrogen-bond acceptors (Lipinski definition) is 7. The van der Waals surface area contributed by atoms with E-state index in [0.717, 1.165) is 5.56 Å². The highest BCUT2D eigenvalue weighted by Gasteiger charge is 2.25. The van der Waals surface area contributed by atoms with Gasteiger partial charge in [0.2, 0.25) is 0 Å². The van der Waals surface area contributed by atoms with Crippen LogP contribution < -0.4 is 20.2 Å². The van der Waals surface area contributed by atoms with Crippen molar-refractivity contribution >= 4 is 46.9 Å². The molecule has 12 heteroatoms. The Balaban J connectivity index is 1.63. The number of nitrogens with zero attached hydrogens (tertiary/aromatic N) is 2. The summed E-state index contributed by atoms with van der Waals surface area (Å²) < 4.78 is 11.3. The molecule has 0 saturated carbocycles. The molecule has 0 fully saturated rings. The third kappa shape index (κ3) is 9.77. The summed E-state index contributed by atoms with van der Waals surface area (Å²) in [5.74, 6) is -0.627. The topological polar surface area (TPSA) is 132 Å². The molecule has 41 heavy (non-hydrogen) atoms. The van der Waals surface area contributed by atoms with Gasteiger partial charge >= 0.3 is 5.69 Å². The third-order valence-corrected chi connectivity index (χ3v) is 6.24. The quantitative estimate of drug-likeness (QED) is 0.142. The first-order valence-corrected chi connectivity index (χ1v) is 13.5. The van der Waals surface area contributed by atoms with Gasteiger partial charge in [0, 0.05) is 16.7 Å². The Morgan fingerprint density at radius 1 is 1.00 bits per heavy atom. The molecule has 0 heterocycles. The van der Waals surface area contributed by atoms with Crippen molar-refractivity contribution in [2.75, 3.05) is 0 Å². The lowest BCUT2D eigenvalue weighted by Crippen LogP contribution is -2.49. The molecule has 2 amide bonds. The maximum Gasteiger partial charge on any atom is 0.311 e. The number of benzene rings is 3. The molecule has 0 aliphatic heterocycles. The molecule has 0 radical (unpaired) electrons. The monoisotopic (exact) mass is 600 g/mol. The highest BCUT2D eigenvalue weighted by molar-refractivity contribution is 6.35. The molecule has 0 unspecified atom stereocenters. The molecular formula is C29H30Cl2N4O6. The zero-order valence-electron chi connectivity index (χ0n) is 22.7. The number of hydrazone groups is 1. The van der Waals surface area contributed by atoms with Crippen LogP contribution in [-0.2, 0) is 16.2 Å². The summed E-state index contributed by atoms with van der Waals surface area (Å²) >= 11 is 12.0. The van der Waals surface area contributed by atoms with Crippen LogP contribution >= 0.6 is 23.2 Å². The van der Waals surface area contributed by atoms with E-state index in [1.807, 2.05) is 44.2 Å². The SMILES string of the molecule is CC(C)C[C@@H](NC(=O)[C@@H](C)Oc1ccc(Cl)cc1Cl)C(=O)N/N=C\c1ccc(OCc2ccccc2)c([N+](=O)[O-])c1. The smallest absolute Gasteiger partial charge is 0.311 e. The zero-order chi connectivity index (χ0) is 29.9. The summed E-state index contributed by atoms with van der Waals surface area (Å²) in [6, 6.07) is 17.3. The summed E-state index contributed by atoms with van der Waals surface area (Å²) in [4.78, 5) is 36.7. The highest BCUT2D eigenvalue weighted by Crippen LogP contribution is 2.29. The second-order valence-corrected chi connectivity index (χ2v) is 10.4. The van der Waals surface area contributed by atoms with Crippen molar-refractivity contribution in [3.8, 4) is 11.5 Å². The van der Waals surface area contributed by atoms with Gasteiger partial charge in [-0.3, -0.25) is 19.7 Å². The fourth-order valence-corrected chi connectivity index (χ4v) is 4.12. The van der Waals surface area contributed by atoms with E-state index in [1.54, 1.807) is 18.2 Å². The van der Waals surface area contributed by atoms with Crippen molar-refractivity contribution in [1.82, 2.24) is 10.7 Å². The molecule has 0 aliphatic carbocycles. The summed E-state index contributed by atoms with van der Waals surface area (Å²) in [6.07, 6.45) is 0.650. The Morgan fingerprint density at radius 3 is 2.37 bits per heavy atom. The standard InChI is InChI=1S/C29H30Cl2N4O6/c1-18(2)13-24(33-28(36)19(3)41-26-12-10-22(30)15-23(26)31)29(37)34-32-16-21-9-11-27(25(14-21)35(38)39)40-17-20-7-5-4-6-8-20/h4-12,14-16,18-19,24H,13,17H2,1-3H3,(H,33,36)(H,34,37)/b32-16-/t19-,24-/m1/s1. The van der Waals surface area contributed by atoms with Crippen LogP contribution in [0.4, 0.5) is 5.69 Å². The van der Waals surface area contributed by atoms with Crippen LogP contribution in [0.1, 0.15) is 38.3 Å². The Labute approximate surface area is 247 Å². The lowest BCUT2D eigenvalue weighted by atomic mass is 10.0. The van der Waals surface area contributed by atoms with E-state index in [2.05, 4.69) is 15.8 Å². The summed E-state index contributed by atoms with van der Waals surface area (Å²) in [5.41, 5.74) is 3.39. The van der Waals surface area contributed by atoms with E-state index < -0.39 is 28.9 Å². The summed E-state index contributed by atoms with van der Waals surface area (Å²) in [7, 11) is 0. The van der Waals surface area contributed by atoms with Crippen LogP contribution in [0.2, 0.25) is 10.0 Å². The van der Waals surface area contributed by atoms with Gasteiger partial charge in [0.05, 0.1) is 16.2 Å². The fourth-order valence-electron chi connectivity index (χ4n) is 3.67. The summed E-state index contributed by atoms with van der Waals surface area (Å²) in [6.45, 7) is 5.51. The van der Waals surface area contributed by atoms with E-state index >= 15 is 0 Å². The molecule has 0 bridgehead atoms. The van der Waals surface area contributed by atoms with Gasteiger partial charge < -0.3 is 14.8 Å². The van der Waals surface area contributed by atoms with Gasteiger partial charge in [0.1, 0.15) is 18.4 Å². The minimum Gasteiger partial charge on any atom is -0.482 e. The first-order valence-electron chi connectivity index (χ1n) is 12.7. The van der Waals surface area contributed by atoms with Crippen molar-refractivity contribution in [3.05, 3.63) is 98.0 Å². The average molecular weight is 601 g/mol. The number of nitro groups is 1. The van der Waals surface area contributed by atoms with E-state index in [4.69, 9.17) is 32.7 Å². The van der Waals surface area contributed by atoms with E-state index in [-0.39, 0.29) is 34.7 Å². The number of rotatable bonds is 13. The van der Waals surface area contributed by atoms with E-state index in [0.29, 0.717) is 17.0 Å². The van der Waals surface area contributed by atoms with E-state index in [1.165, 1.54) is 31.3 Å². The minimum atomic E-state index is -0.956.